The first-order chi connectivity index (χ1) is 9.49. The monoisotopic (exact) mass is 312 g/mol. The number of carbonyl (C=O) groups is 1. The van der Waals surface area contributed by atoms with Crippen LogP contribution < -0.4 is 10.6 Å². The van der Waals surface area contributed by atoms with E-state index in [4.69, 9.17) is 5.73 Å². The third kappa shape index (κ3) is 2.92. The molecule has 1 amide bonds. The van der Waals surface area contributed by atoms with E-state index in [0.29, 0.717) is 6.54 Å². The van der Waals surface area contributed by atoms with Gasteiger partial charge in [0.25, 0.3) is 0 Å². The molecule has 0 radical (unpaired) electrons. The lowest BCUT2D eigenvalue weighted by molar-refractivity contribution is -0.125. The highest BCUT2D eigenvalue weighted by Crippen LogP contribution is 2.36. The van der Waals surface area contributed by atoms with E-state index < -0.39 is 5.54 Å². The Kier molecular flexibility index (Phi) is 4.59. The van der Waals surface area contributed by atoms with Gasteiger partial charge in [-0.15, -0.1) is 12.4 Å². The van der Waals surface area contributed by atoms with E-state index in [2.05, 4.69) is 0 Å². The Labute approximate surface area is 131 Å². The Bertz CT molecular complexity index is 547. The zero-order valence-corrected chi connectivity index (χ0v) is 13.1. The molecule has 1 aromatic carbocycles. The number of benzene rings is 1. The molecule has 2 aliphatic rings. The summed E-state index contributed by atoms with van der Waals surface area (Å²) in [6, 6.07) is 4.71. The first-order valence-corrected chi connectivity index (χ1v) is 7.38. The Morgan fingerprint density at radius 1 is 1.43 bits per heavy atom. The molecular formula is C16H22ClFN2O. The minimum absolute atomic E-state index is 0. The van der Waals surface area contributed by atoms with Crippen molar-refractivity contribution in [1.29, 1.82) is 0 Å². The van der Waals surface area contributed by atoms with Crippen LogP contribution in [0.2, 0.25) is 0 Å². The fraction of sp³-hybridized carbons (Fsp3) is 0.562. The molecule has 21 heavy (non-hydrogen) atoms. The van der Waals surface area contributed by atoms with Gasteiger partial charge in [-0.05, 0) is 43.9 Å². The van der Waals surface area contributed by atoms with Crippen LogP contribution in [0.15, 0.2) is 18.2 Å². The van der Waals surface area contributed by atoms with Crippen LogP contribution in [0.3, 0.4) is 0 Å². The lowest BCUT2D eigenvalue weighted by atomic mass is 9.74. The summed E-state index contributed by atoms with van der Waals surface area (Å²) in [7, 11) is 0. The lowest BCUT2D eigenvalue weighted by Gasteiger charge is -2.39. The van der Waals surface area contributed by atoms with Crippen molar-refractivity contribution in [2.24, 2.45) is 11.7 Å². The molecule has 1 saturated carbocycles. The number of carbonyl (C=O) groups excluding carboxylic acids is 1. The molecule has 1 aliphatic heterocycles. The second-order valence-corrected chi connectivity index (χ2v) is 6.32. The van der Waals surface area contributed by atoms with Crippen LogP contribution in [0.5, 0.6) is 0 Å². The molecule has 116 valence electrons. The van der Waals surface area contributed by atoms with Crippen molar-refractivity contribution in [3.63, 3.8) is 0 Å². The fourth-order valence-corrected chi connectivity index (χ4v) is 3.53. The molecule has 1 aliphatic carbocycles. The topological polar surface area (TPSA) is 46.3 Å². The average molecular weight is 313 g/mol. The third-order valence-electron chi connectivity index (χ3n) is 4.76. The molecule has 1 aromatic rings. The zero-order chi connectivity index (χ0) is 14.3. The first kappa shape index (κ1) is 16.2. The smallest absolute Gasteiger partial charge is 0.231 e. The maximum absolute atomic E-state index is 13.4. The van der Waals surface area contributed by atoms with Crippen LogP contribution in [0.1, 0.15) is 38.2 Å². The standard InChI is InChI=1S/C16H21FN2O.ClH/c1-16(18)8-3-2-4-13(16)15(20)19-9-7-11-5-6-12(17)10-14(11)19;/h5-6,10,13H,2-4,7-9,18H2,1H3;1H. The van der Waals surface area contributed by atoms with Gasteiger partial charge < -0.3 is 10.6 Å². The molecule has 0 aromatic heterocycles. The van der Waals surface area contributed by atoms with Crippen molar-refractivity contribution in [3.05, 3.63) is 29.6 Å². The van der Waals surface area contributed by atoms with E-state index in [-0.39, 0.29) is 30.0 Å². The van der Waals surface area contributed by atoms with E-state index in [1.54, 1.807) is 11.0 Å². The Balaban J connectivity index is 0.00000161. The molecule has 3 nitrogen and oxygen atoms in total. The van der Waals surface area contributed by atoms with Gasteiger partial charge >= 0.3 is 0 Å². The van der Waals surface area contributed by atoms with Crippen LogP contribution >= 0.6 is 12.4 Å². The first-order valence-electron chi connectivity index (χ1n) is 7.38. The van der Waals surface area contributed by atoms with Gasteiger partial charge in [-0.2, -0.15) is 0 Å². The molecule has 2 atom stereocenters. The second-order valence-electron chi connectivity index (χ2n) is 6.32. The van der Waals surface area contributed by atoms with Crippen molar-refractivity contribution >= 4 is 24.0 Å². The quantitative estimate of drug-likeness (QED) is 0.866. The van der Waals surface area contributed by atoms with Gasteiger partial charge in [0.1, 0.15) is 5.82 Å². The van der Waals surface area contributed by atoms with Crippen LogP contribution in [-0.4, -0.2) is 18.0 Å². The summed E-state index contributed by atoms with van der Waals surface area (Å²) in [6.07, 6.45) is 4.66. The van der Waals surface area contributed by atoms with Gasteiger partial charge in [0.15, 0.2) is 0 Å². The van der Waals surface area contributed by atoms with Gasteiger partial charge in [-0.25, -0.2) is 4.39 Å². The fourth-order valence-electron chi connectivity index (χ4n) is 3.53. The number of fused-ring (bicyclic) bond motifs is 1. The molecule has 1 heterocycles. The second kappa shape index (κ2) is 5.93. The summed E-state index contributed by atoms with van der Waals surface area (Å²) in [5.74, 6) is -0.368. The van der Waals surface area contributed by atoms with Crippen molar-refractivity contribution in [2.75, 3.05) is 11.4 Å². The Hall–Kier alpha value is -1.13. The van der Waals surface area contributed by atoms with Crippen molar-refractivity contribution in [2.45, 2.75) is 44.6 Å². The maximum Gasteiger partial charge on any atom is 0.231 e. The third-order valence-corrected chi connectivity index (χ3v) is 4.76. The highest BCUT2D eigenvalue weighted by molar-refractivity contribution is 5.97. The summed E-state index contributed by atoms with van der Waals surface area (Å²) in [5.41, 5.74) is 7.66. The number of nitrogens with two attached hydrogens (primary N) is 1. The van der Waals surface area contributed by atoms with Gasteiger partial charge in [0.2, 0.25) is 5.91 Å². The number of amides is 1. The predicted molar refractivity (Wildman–Crippen MR) is 84.3 cm³/mol. The van der Waals surface area contributed by atoms with Crippen LogP contribution in [0.4, 0.5) is 10.1 Å². The van der Waals surface area contributed by atoms with E-state index in [0.717, 1.165) is 43.4 Å². The normalized spacial score (nSPS) is 28.0. The molecule has 0 spiro atoms. The molecule has 3 rings (SSSR count). The number of anilines is 1. The SMILES string of the molecule is CC1(N)CCCCC1C(=O)N1CCc2ccc(F)cc21.Cl. The van der Waals surface area contributed by atoms with E-state index in [1.807, 2.05) is 6.92 Å². The molecule has 0 bridgehead atoms. The molecule has 2 unspecified atom stereocenters. The summed E-state index contributed by atoms with van der Waals surface area (Å²) in [6.45, 7) is 2.61. The molecular weight excluding hydrogens is 291 g/mol. The lowest BCUT2D eigenvalue weighted by Crippen LogP contribution is -2.53. The van der Waals surface area contributed by atoms with Crippen LogP contribution in [-0.2, 0) is 11.2 Å². The summed E-state index contributed by atoms with van der Waals surface area (Å²) < 4.78 is 13.4. The average Bonchev–Trinajstić information content (AvgIpc) is 2.80. The number of halogens is 2. The van der Waals surface area contributed by atoms with E-state index in [9.17, 15) is 9.18 Å². The highest BCUT2D eigenvalue weighted by Gasteiger charge is 2.41. The van der Waals surface area contributed by atoms with E-state index >= 15 is 0 Å². The molecule has 5 heteroatoms. The van der Waals surface area contributed by atoms with Crippen molar-refractivity contribution < 1.29 is 9.18 Å². The van der Waals surface area contributed by atoms with Crippen molar-refractivity contribution in [3.8, 4) is 0 Å². The van der Waals surface area contributed by atoms with Crippen LogP contribution in [0, 0.1) is 11.7 Å². The van der Waals surface area contributed by atoms with E-state index in [1.165, 1.54) is 12.1 Å². The van der Waals surface area contributed by atoms with Gasteiger partial charge in [-0.3, -0.25) is 4.79 Å². The Morgan fingerprint density at radius 2 is 2.19 bits per heavy atom. The number of hydrogen-bond donors (Lipinski definition) is 1. The molecule has 0 saturated heterocycles. The van der Waals surface area contributed by atoms with Gasteiger partial charge in [0.05, 0.1) is 5.92 Å². The van der Waals surface area contributed by atoms with Gasteiger partial charge in [0, 0.05) is 17.8 Å². The molecule has 1 fully saturated rings. The number of rotatable bonds is 1. The van der Waals surface area contributed by atoms with Crippen LogP contribution in [0.25, 0.3) is 0 Å². The maximum atomic E-state index is 13.4. The predicted octanol–water partition coefficient (Wildman–Crippen LogP) is 3.04. The van der Waals surface area contributed by atoms with Crippen molar-refractivity contribution in [1.82, 2.24) is 0 Å². The number of nitrogens with zero attached hydrogens (tertiary/aromatic N) is 1. The summed E-state index contributed by atoms with van der Waals surface area (Å²) in [5, 5.41) is 0. The van der Waals surface area contributed by atoms with Gasteiger partial charge in [-0.1, -0.05) is 18.9 Å². The molecule has 2 N–H and O–H groups in total. The minimum atomic E-state index is -0.439. The summed E-state index contributed by atoms with van der Waals surface area (Å²) >= 11 is 0. The number of hydrogen-bond acceptors (Lipinski definition) is 2. The largest absolute Gasteiger partial charge is 0.325 e. The zero-order valence-electron chi connectivity index (χ0n) is 12.3. The summed E-state index contributed by atoms with van der Waals surface area (Å²) in [4.78, 5) is 14.5. The Morgan fingerprint density at radius 3 is 2.90 bits per heavy atom. The minimum Gasteiger partial charge on any atom is -0.325 e. The highest BCUT2D eigenvalue weighted by atomic mass is 35.5.